The molecule has 0 N–H and O–H groups in total. The molecular formula is C19H19F3O4. The normalized spacial score (nSPS) is 12.3. The van der Waals surface area contributed by atoms with Gasteiger partial charge in [0.05, 0.1) is 19.1 Å². The number of ether oxygens (including phenoxy) is 3. The van der Waals surface area contributed by atoms with Gasteiger partial charge in [0.2, 0.25) is 0 Å². The SMILES string of the molecule is COC(=O)CC(C)Oc1ccc(OCc2ccc(C(F)(F)F)cc2)cc1. The van der Waals surface area contributed by atoms with Crippen LogP contribution >= 0.6 is 0 Å². The number of halogens is 3. The number of alkyl halides is 3. The number of hydrogen-bond acceptors (Lipinski definition) is 4. The standard InChI is InChI=1S/C19H19F3O4/c1-13(11-18(23)24-2)26-17-9-7-16(8-10-17)25-12-14-3-5-15(6-4-14)19(20,21)22/h3-10,13H,11-12H2,1-2H3. The molecule has 0 aliphatic heterocycles. The smallest absolute Gasteiger partial charge is 0.416 e. The predicted octanol–water partition coefficient (Wildman–Crippen LogP) is 4.61. The van der Waals surface area contributed by atoms with E-state index in [1.807, 2.05) is 0 Å². The van der Waals surface area contributed by atoms with Crippen LogP contribution in [0.4, 0.5) is 13.2 Å². The maximum Gasteiger partial charge on any atom is 0.416 e. The minimum Gasteiger partial charge on any atom is -0.490 e. The van der Waals surface area contributed by atoms with Gasteiger partial charge in [0.15, 0.2) is 0 Å². The molecule has 2 aromatic carbocycles. The molecule has 2 rings (SSSR count). The summed E-state index contributed by atoms with van der Waals surface area (Å²) in [7, 11) is 1.32. The van der Waals surface area contributed by atoms with Gasteiger partial charge < -0.3 is 14.2 Å². The molecule has 0 saturated heterocycles. The highest BCUT2D eigenvalue weighted by Crippen LogP contribution is 2.29. The lowest BCUT2D eigenvalue weighted by Gasteiger charge is -2.14. The van der Waals surface area contributed by atoms with Gasteiger partial charge in [-0.2, -0.15) is 13.2 Å². The first-order valence-corrected chi connectivity index (χ1v) is 7.90. The minimum atomic E-state index is -4.35. The van der Waals surface area contributed by atoms with Gasteiger partial charge in [-0.05, 0) is 48.9 Å². The summed E-state index contributed by atoms with van der Waals surface area (Å²) in [6, 6.07) is 11.6. The number of carbonyl (C=O) groups is 1. The van der Waals surface area contributed by atoms with Crippen LogP contribution in [0.25, 0.3) is 0 Å². The molecule has 140 valence electrons. The molecule has 0 aromatic heterocycles. The minimum absolute atomic E-state index is 0.142. The number of hydrogen-bond donors (Lipinski definition) is 0. The maximum absolute atomic E-state index is 12.5. The molecule has 0 spiro atoms. The largest absolute Gasteiger partial charge is 0.490 e. The Kier molecular flexibility index (Phi) is 6.49. The first-order chi connectivity index (χ1) is 12.3. The van der Waals surface area contributed by atoms with Crippen LogP contribution < -0.4 is 9.47 Å². The van der Waals surface area contributed by atoms with Crippen molar-refractivity contribution in [2.24, 2.45) is 0 Å². The molecule has 26 heavy (non-hydrogen) atoms. The van der Waals surface area contributed by atoms with Gasteiger partial charge >= 0.3 is 12.1 Å². The zero-order valence-corrected chi connectivity index (χ0v) is 14.4. The number of benzene rings is 2. The van der Waals surface area contributed by atoms with Gasteiger partial charge in [-0.25, -0.2) is 0 Å². The van der Waals surface area contributed by atoms with Crippen LogP contribution in [-0.4, -0.2) is 19.2 Å². The van der Waals surface area contributed by atoms with E-state index in [-0.39, 0.29) is 25.1 Å². The number of methoxy groups -OCH3 is 1. The summed E-state index contributed by atoms with van der Waals surface area (Å²) in [5.74, 6) is 0.773. The van der Waals surface area contributed by atoms with E-state index < -0.39 is 11.7 Å². The van der Waals surface area contributed by atoms with Gasteiger partial charge in [-0.1, -0.05) is 12.1 Å². The summed E-state index contributed by atoms with van der Waals surface area (Å²) in [5, 5.41) is 0. The molecule has 4 nitrogen and oxygen atoms in total. The lowest BCUT2D eigenvalue weighted by Crippen LogP contribution is -2.17. The number of carbonyl (C=O) groups excluding carboxylic acids is 1. The highest BCUT2D eigenvalue weighted by molar-refractivity contribution is 5.69. The van der Waals surface area contributed by atoms with Crippen molar-refractivity contribution in [1.29, 1.82) is 0 Å². The lowest BCUT2D eigenvalue weighted by atomic mass is 10.1. The topological polar surface area (TPSA) is 44.8 Å². The Balaban J connectivity index is 1.86. The molecule has 0 saturated carbocycles. The Morgan fingerprint density at radius 2 is 1.58 bits per heavy atom. The van der Waals surface area contributed by atoms with Crippen LogP contribution in [0.15, 0.2) is 48.5 Å². The van der Waals surface area contributed by atoms with Crippen LogP contribution in [-0.2, 0) is 22.3 Å². The Morgan fingerprint density at radius 1 is 1.00 bits per heavy atom. The second-order valence-electron chi connectivity index (χ2n) is 5.66. The molecular weight excluding hydrogens is 349 g/mol. The van der Waals surface area contributed by atoms with Crippen molar-refractivity contribution in [3.8, 4) is 11.5 Å². The zero-order valence-electron chi connectivity index (χ0n) is 14.4. The fraction of sp³-hybridized carbons (Fsp3) is 0.316. The third-order valence-electron chi connectivity index (χ3n) is 3.53. The predicted molar refractivity (Wildman–Crippen MR) is 88.9 cm³/mol. The first-order valence-electron chi connectivity index (χ1n) is 7.90. The van der Waals surface area contributed by atoms with Crippen LogP contribution in [0, 0.1) is 0 Å². The van der Waals surface area contributed by atoms with Crippen molar-refractivity contribution < 1.29 is 32.2 Å². The van der Waals surface area contributed by atoms with E-state index in [1.54, 1.807) is 31.2 Å². The Bertz CT molecular complexity index is 709. The number of rotatable bonds is 7. The first kappa shape index (κ1) is 19.6. The molecule has 0 aliphatic carbocycles. The summed E-state index contributed by atoms with van der Waals surface area (Å²) < 4.78 is 53.3. The second-order valence-corrected chi connectivity index (χ2v) is 5.66. The van der Waals surface area contributed by atoms with E-state index in [9.17, 15) is 18.0 Å². The highest BCUT2D eigenvalue weighted by atomic mass is 19.4. The summed E-state index contributed by atoms with van der Waals surface area (Å²) in [6.07, 6.45) is -4.54. The zero-order chi connectivity index (χ0) is 19.2. The van der Waals surface area contributed by atoms with Gasteiger partial charge in [0, 0.05) is 0 Å². The van der Waals surface area contributed by atoms with E-state index in [1.165, 1.54) is 19.2 Å². The van der Waals surface area contributed by atoms with E-state index in [2.05, 4.69) is 4.74 Å². The quantitative estimate of drug-likeness (QED) is 0.669. The summed E-state index contributed by atoms with van der Waals surface area (Å²) in [4.78, 5) is 11.2. The third-order valence-corrected chi connectivity index (χ3v) is 3.53. The second kappa shape index (κ2) is 8.60. The molecule has 0 fully saturated rings. The summed E-state index contributed by atoms with van der Waals surface area (Å²) in [5.41, 5.74) is -0.0612. The molecule has 1 unspecified atom stereocenters. The van der Waals surface area contributed by atoms with Gasteiger partial charge in [0.1, 0.15) is 24.2 Å². The molecule has 0 bridgehead atoms. The average molecular weight is 368 g/mol. The molecule has 0 heterocycles. The van der Waals surface area contributed by atoms with E-state index in [0.29, 0.717) is 17.1 Å². The van der Waals surface area contributed by atoms with Crippen LogP contribution in [0.5, 0.6) is 11.5 Å². The van der Waals surface area contributed by atoms with Crippen LogP contribution in [0.1, 0.15) is 24.5 Å². The molecule has 0 amide bonds. The Morgan fingerprint density at radius 3 is 2.12 bits per heavy atom. The van der Waals surface area contributed by atoms with E-state index in [0.717, 1.165) is 12.1 Å². The van der Waals surface area contributed by atoms with Gasteiger partial charge in [0.25, 0.3) is 0 Å². The molecule has 0 radical (unpaired) electrons. The monoisotopic (exact) mass is 368 g/mol. The van der Waals surface area contributed by atoms with Crippen molar-refractivity contribution in [3.63, 3.8) is 0 Å². The fourth-order valence-electron chi connectivity index (χ4n) is 2.16. The van der Waals surface area contributed by atoms with Crippen LogP contribution in [0.3, 0.4) is 0 Å². The highest BCUT2D eigenvalue weighted by Gasteiger charge is 2.29. The van der Waals surface area contributed by atoms with E-state index >= 15 is 0 Å². The van der Waals surface area contributed by atoms with Crippen molar-refractivity contribution >= 4 is 5.97 Å². The number of esters is 1. The van der Waals surface area contributed by atoms with Gasteiger partial charge in [-0.15, -0.1) is 0 Å². The summed E-state index contributed by atoms with van der Waals surface area (Å²) in [6.45, 7) is 1.91. The molecule has 1 atom stereocenters. The molecule has 0 aliphatic rings. The van der Waals surface area contributed by atoms with Gasteiger partial charge in [-0.3, -0.25) is 4.79 Å². The molecule has 7 heteroatoms. The van der Waals surface area contributed by atoms with Crippen LogP contribution in [0.2, 0.25) is 0 Å². The fourth-order valence-corrected chi connectivity index (χ4v) is 2.16. The Labute approximate surface area is 149 Å². The third kappa shape index (κ3) is 5.98. The van der Waals surface area contributed by atoms with Crippen molar-refractivity contribution in [2.75, 3.05) is 7.11 Å². The van der Waals surface area contributed by atoms with Crippen molar-refractivity contribution in [2.45, 2.75) is 32.2 Å². The van der Waals surface area contributed by atoms with E-state index in [4.69, 9.17) is 9.47 Å². The summed E-state index contributed by atoms with van der Waals surface area (Å²) >= 11 is 0. The maximum atomic E-state index is 12.5. The molecule has 2 aromatic rings. The average Bonchev–Trinajstić information content (AvgIpc) is 2.60. The van der Waals surface area contributed by atoms with Crippen molar-refractivity contribution in [1.82, 2.24) is 0 Å². The van der Waals surface area contributed by atoms with Crippen molar-refractivity contribution in [3.05, 3.63) is 59.7 Å². The lowest BCUT2D eigenvalue weighted by molar-refractivity contribution is -0.142. The Hall–Kier alpha value is -2.70.